The summed E-state index contributed by atoms with van der Waals surface area (Å²) in [6.07, 6.45) is 6.50. The van der Waals surface area contributed by atoms with Gasteiger partial charge in [-0.3, -0.25) is 14.2 Å². The minimum Gasteiger partial charge on any atom is -0.382 e. The van der Waals surface area contributed by atoms with Gasteiger partial charge in [-0.15, -0.1) is 0 Å². The van der Waals surface area contributed by atoms with E-state index in [1.165, 1.54) is 47.4 Å². The summed E-state index contributed by atoms with van der Waals surface area (Å²) in [5, 5.41) is 16.6. The predicted molar refractivity (Wildman–Crippen MR) is 153 cm³/mol. The molecular formula is C31H26FN7O2. The van der Waals surface area contributed by atoms with E-state index in [-0.39, 0.29) is 17.4 Å². The van der Waals surface area contributed by atoms with Crippen molar-refractivity contribution >= 4 is 22.9 Å². The molecule has 0 aliphatic heterocycles. The third-order valence-corrected chi connectivity index (χ3v) is 7.69. The smallest absolute Gasteiger partial charge is 0.267 e. The van der Waals surface area contributed by atoms with Crippen molar-refractivity contribution in [2.24, 2.45) is 5.92 Å². The number of fused-ring (bicyclic) bond motifs is 1. The maximum Gasteiger partial charge on any atom is 0.267 e. The Bertz CT molecular complexity index is 1850. The molecule has 0 saturated heterocycles. The molecule has 2 aromatic carbocycles. The molecule has 0 unspecified atom stereocenters. The summed E-state index contributed by atoms with van der Waals surface area (Å²) in [5.41, 5.74) is 10.2. The number of carbonyl (C=O) groups is 1. The van der Waals surface area contributed by atoms with E-state index in [9.17, 15) is 19.2 Å². The molecule has 1 fully saturated rings. The average molecular weight is 548 g/mol. The zero-order chi connectivity index (χ0) is 28.5. The van der Waals surface area contributed by atoms with Crippen molar-refractivity contribution in [1.29, 1.82) is 5.26 Å². The third-order valence-electron chi connectivity index (χ3n) is 7.69. The van der Waals surface area contributed by atoms with Gasteiger partial charge in [0.25, 0.3) is 11.5 Å². The zero-order valence-corrected chi connectivity index (χ0v) is 22.0. The number of benzene rings is 2. The number of carbonyl (C=O) groups excluding carboxylic acids is 1. The Hall–Kier alpha value is -5.30. The van der Waals surface area contributed by atoms with Crippen LogP contribution in [0.4, 0.5) is 15.9 Å². The second-order valence-corrected chi connectivity index (χ2v) is 10.2. The minimum atomic E-state index is -0.554. The second-order valence-electron chi connectivity index (χ2n) is 10.2. The van der Waals surface area contributed by atoms with Gasteiger partial charge in [-0.25, -0.2) is 13.9 Å². The van der Waals surface area contributed by atoms with Crippen molar-refractivity contribution in [2.45, 2.75) is 31.6 Å². The Kier molecular flexibility index (Phi) is 6.77. The Morgan fingerprint density at radius 3 is 2.49 bits per heavy atom. The fourth-order valence-electron chi connectivity index (χ4n) is 5.52. The van der Waals surface area contributed by atoms with Crippen molar-refractivity contribution in [3.05, 3.63) is 107 Å². The highest BCUT2D eigenvalue weighted by Crippen LogP contribution is 2.40. The van der Waals surface area contributed by atoms with Crippen LogP contribution in [-0.4, -0.2) is 25.1 Å². The number of amides is 1. The van der Waals surface area contributed by atoms with Crippen LogP contribution >= 0.6 is 0 Å². The van der Waals surface area contributed by atoms with E-state index in [2.05, 4.69) is 27.5 Å². The lowest BCUT2D eigenvalue weighted by atomic mass is 9.81. The molecular weight excluding hydrogens is 521 g/mol. The molecule has 1 amide bonds. The van der Waals surface area contributed by atoms with Gasteiger partial charge in [0.1, 0.15) is 23.2 Å². The molecule has 9 nitrogen and oxygen atoms in total. The van der Waals surface area contributed by atoms with Crippen LogP contribution in [0.5, 0.6) is 0 Å². The molecule has 0 atom stereocenters. The molecule has 3 N–H and O–H groups in total. The summed E-state index contributed by atoms with van der Waals surface area (Å²) in [5.74, 6) is -0.242. The molecule has 41 heavy (non-hydrogen) atoms. The number of hydrogen-bond donors (Lipinski definition) is 2. The summed E-state index contributed by atoms with van der Waals surface area (Å²) in [7, 11) is 0. The molecule has 1 saturated carbocycles. The SMILES string of the molecule is N#C[C@H]1CC[C@H](c2cc(-c3ccc(NC(=O)c4cccn(-c5ccc(F)cc5)c4=O)cc3)c3c(N)ncnn32)CC1. The van der Waals surface area contributed by atoms with Crippen molar-refractivity contribution in [3.8, 4) is 22.9 Å². The van der Waals surface area contributed by atoms with Gasteiger partial charge in [0.15, 0.2) is 5.82 Å². The molecule has 5 aromatic rings. The number of rotatable bonds is 5. The van der Waals surface area contributed by atoms with Crippen LogP contribution in [0.3, 0.4) is 0 Å². The average Bonchev–Trinajstić information content (AvgIpc) is 3.39. The second kappa shape index (κ2) is 10.7. The Balaban J connectivity index is 1.26. The first-order valence-corrected chi connectivity index (χ1v) is 13.3. The van der Waals surface area contributed by atoms with Crippen LogP contribution in [0.15, 0.2) is 84.0 Å². The van der Waals surface area contributed by atoms with E-state index in [1.54, 1.807) is 18.2 Å². The standard InChI is InChI=1S/C31H26FN7O2/c32-22-9-13-24(14-10-22)38-15-1-2-25(31(38)41)30(40)37-23-11-7-20(8-12-23)26-16-27(21-5-3-19(17-33)4-6-21)39-28(26)29(34)35-18-36-39/h1-2,7-16,18-19,21H,3-6H2,(H,37,40)(H2,34,35,36)/t19-,21-. The van der Waals surface area contributed by atoms with Gasteiger partial charge < -0.3 is 11.1 Å². The van der Waals surface area contributed by atoms with Crippen LogP contribution in [0, 0.1) is 23.1 Å². The highest BCUT2D eigenvalue weighted by atomic mass is 19.1. The number of hydrogen-bond acceptors (Lipinski definition) is 6. The molecule has 3 aromatic heterocycles. The molecule has 0 radical (unpaired) electrons. The van der Waals surface area contributed by atoms with Crippen LogP contribution in [0.1, 0.15) is 47.7 Å². The number of nitrogens with two attached hydrogens (primary N) is 1. The summed E-state index contributed by atoms with van der Waals surface area (Å²) >= 11 is 0. The molecule has 3 heterocycles. The predicted octanol–water partition coefficient (Wildman–Crippen LogP) is 5.32. The van der Waals surface area contributed by atoms with Crippen LogP contribution in [0.2, 0.25) is 0 Å². The van der Waals surface area contributed by atoms with Crippen molar-refractivity contribution in [3.63, 3.8) is 0 Å². The topological polar surface area (TPSA) is 131 Å². The lowest BCUT2D eigenvalue weighted by molar-refractivity contribution is 0.102. The quantitative estimate of drug-likeness (QED) is 0.306. The number of aromatic nitrogens is 4. The first-order chi connectivity index (χ1) is 19.9. The summed E-state index contributed by atoms with van der Waals surface area (Å²) in [6, 6.07) is 20.2. The van der Waals surface area contributed by atoms with E-state index in [0.717, 1.165) is 42.5 Å². The van der Waals surface area contributed by atoms with E-state index >= 15 is 0 Å². The fourth-order valence-corrected chi connectivity index (χ4v) is 5.52. The summed E-state index contributed by atoms with van der Waals surface area (Å²) < 4.78 is 16.5. The van der Waals surface area contributed by atoms with Gasteiger partial charge in [-0.1, -0.05) is 12.1 Å². The van der Waals surface area contributed by atoms with Gasteiger partial charge in [-0.05, 0) is 85.8 Å². The first-order valence-electron chi connectivity index (χ1n) is 13.3. The zero-order valence-electron chi connectivity index (χ0n) is 22.0. The fraction of sp³-hybridized carbons (Fsp3) is 0.194. The summed E-state index contributed by atoms with van der Waals surface area (Å²) in [6.45, 7) is 0. The number of nitrogens with one attached hydrogen (secondary N) is 1. The molecule has 6 rings (SSSR count). The Labute approximate surface area is 234 Å². The number of nitrogens with zero attached hydrogens (tertiary/aromatic N) is 5. The molecule has 0 spiro atoms. The number of halogens is 1. The summed E-state index contributed by atoms with van der Waals surface area (Å²) in [4.78, 5) is 30.3. The van der Waals surface area contributed by atoms with Crippen molar-refractivity contribution < 1.29 is 9.18 Å². The highest BCUT2D eigenvalue weighted by Gasteiger charge is 2.27. The maximum absolute atomic E-state index is 13.3. The van der Waals surface area contributed by atoms with Crippen LogP contribution in [-0.2, 0) is 0 Å². The van der Waals surface area contributed by atoms with Gasteiger partial charge in [0.05, 0.1) is 6.07 Å². The van der Waals surface area contributed by atoms with Crippen LogP contribution < -0.4 is 16.6 Å². The van der Waals surface area contributed by atoms with E-state index in [0.29, 0.717) is 22.7 Å². The normalized spacial score (nSPS) is 16.8. The lowest BCUT2D eigenvalue weighted by Gasteiger charge is -2.24. The van der Waals surface area contributed by atoms with Gasteiger partial charge >= 0.3 is 0 Å². The molecule has 0 bridgehead atoms. The third kappa shape index (κ3) is 4.94. The molecule has 204 valence electrons. The van der Waals surface area contributed by atoms with E-state index in [4.69, 9.17) is 5.73 Å². The Morgan fingerprint density at radius 2 is 1.78 bits per heavy atom. The number of nitriles is 1. The molecule has 1 aliphatic rings. The number of pyridine rings is 1. The monoisotopic (exact) mass is 547 g/mol. The Morgan fingerprint density at radius 1 is 1.05 bits per heavy atom. The molecule has 10 heteroatoms. The van der Waals surface area contributed by atoms with E-state index in [1.807, 2.05) is 16.6 Å². The highest BCUT2D eigenvalue weighted by molar-refractivity contribution is 6.04. The largest absolute Gasteiger partial charge is 0.382 e. The maximum atomic E-state index is 13.3. The first kappa shape index (κ1) is 26.0. The van der Waals surface area contributed by atoms with Crippen molar-refractivity contribution in [1.82, 2.24) is 19.2 Å². The minimum absolute atomic E-state index is 0.0417. The van der Waals surface area contributed by atoms with Crippen LogP contribution in [0.25, 0.3) is 22.3 Å². The number of nitrogen functional groups attached to an aromatic ring is 1. The van der Waals surface area contributed by atoms with Gasteiger partial charge in [-0.2, -0.15) is 10.4 Å². The van der Waals surface area contributed by atoms with E-state index < -0.39 is 17.3 Å². The number of anilines is 2. The molecule has 1 aliphatic carbocycles. The van der Waals surface area contributed by atoms with Gasteiger partial charge in [0, 0.05) is 40.7 Å². The van der Waals surface area contributed by atoms with Gasteiger partial charge in [0.2, 0.25) is 0 Å². The lowest BCUT2D eigenvalue weighted by Crippen LogP contribution is -2.27. The van der Waals surface area contributed by atoms with Crippen molar-refractivity contribution in [2.75, 3.05) is 11.1 Å².